The van der Waals surface area contributed by atoms with Crippen LogP contribution in [0.2, 0.25) is 5.02 Å². The molecule has 0 aliphatic rings. The second kappa shape index (κ2) is 6.19. The van der Waals surface area contributed by atoms with Crippen molar-refractivity contribution in [2.45, 2.75) is 13.0 Å². The summed E-state index contributed by atoms with van der Waals surface area (Å²) >= 11 is 7.53. The minimum absolute atomic E-state index is 0.166. The van der Waals surface area contributed by atoms with Crippen molar-refractivity contribution in [2.24, 2.45) is 0 Å². The van der Waals surface area contributed by atoms with Gasteiger partial charge in [0.25, 0.3) is 5.91 Å². The SMILES string of the molecule is Cc1ccc(C(=O)NCC(O)c2ccsc2)c(Cl)c1. The first-order valence-corrected chi connectivity index (χ1v) is 7.14. The first-order valence-electron chi connectivity index (χ1n) is 5.82. The normalized spacial score (nSPS) is 12.2. The van der Waals surface area contributed by atoms with E-state index in [1.54, 1.807) is 12.1 Å². The summed E-state index contributed by atoms with van der Waals surface area (Å²) in [6, 6.07) is 7.09. The molecule has 100 valence electrons. The molecule has 1 heterocycles. The van der Waals surface area contributed by atoms with Gasteiger partial charge in [0.2, 0.25) is 0 Å². The number of carbonyl (C=O) groups excluding carboxylic acids is 1. The molecule has 1 aromatic carbocycles. The lowest BCUT2D eigenvalue weighted by Crippen LogP contribution is -2.28. The van der Waals surface area contributed by atoms with Gasteiger partial charge in [0.05, 0.1) is 16.7 Å². The van der Waals surface area contributed by atoms with E-state index < -0.39 is 6.10 Å². The van der Waals surface area contributed by atoms with Crippen LogP contribution in [0.3, 0.4) is 0 Å². The topological polar surface area (TPSA) is 49.3 Å². The zero-order valence-corrected chi connectivity index (χ0v) is 12.0. The van der Waals surface area contributed by atoms with E-state index in [0.29, 0.717) is 10.6 Å². The van der Waals surface area contributed by atoms with Gasteiger partial charge >= 0.3 is 0 Å². The monoisotopic (exact) mass is 295 g/mol. The molecule has 1 atom stereocenters. The Kier molecular flexibility index (Phi) is 4.58. The van der Waals surface area contributed by atoms with Crippen molar-refractivity contribution in [1.29, 1.82) is 0 Å². The van der Waals surface area contributed by atoms with Crippen LogP contribution in [0.15, 0.2) is 35.0 Å². The Morgan fingerprint density at radius 1 is 1.47 bits per heavy atom. The Hall–Kier alpha value is -1.36. The summed E-state index contributed by atoms with van der Waals surface area (Å²) in [4.78, 5) is 11.9. The van der Waals surface area contributed by atoms with E-state index in [9.17, 15) is 9.90 Å². The standard InChI is InChI=1S/C14H14ClNO2S/c1-9-2-3-11(12(15)6-9)14(18)16-7-13(17)10-4-5-19-8-10/h2-6,8,13,17H,7H2,1H3,(H,16,18). The van der Waals surface area contributed by atoms with E-state index in [1.807, 2.05) is 29.8 Å². The van der Waals surface area contributed by atoms with Crippen LogP contribution in [0.1, 0.15) is 27.6 Å². The van der Waals surface area contributed by atoms with E-state index in [4.69, 9.17) is 11.6 Å². The highest BCUT2D eigenvalue weighted by atomic mass is 35.5. The maximum atomic E-state index is 11.9. The van der Waals surface area contributed by atoms with Crippen LogP contribution in [0.4, 0.5) is 0 Å². The fraction of sp³-hybridized carbons (Fsp3) is 0.214. The molecule has 0 saturated carbocycles. The van der Waals surface area contributed by atoms with Crippen molar-refractivity contribution < 1.29 is 9.90 Å². The van der Waals surface area contributed by atoms with E-state index in [0.717, 1.165) is 11.1 Å². The molecule has 0 radical (unpaired) electrons. The van der Waals surface area contributed by atoms with Crippen LogP contribution in [0.25, 0.3) is 0 Å². The third-order valence-electron chi connectivity index (χ3n) is 2.75. The molecular weight excluding hydrogens is 282 g/mol. The van der Waals surface area contributed by atoms with Crippen molar-refractivity contribution in [2.75, 3.05) is 6.54 Å². The van der Waals surface area contributed by atoms with Crippen molar-refractivity contribution >= 4 is 28.8 Å². The van der Waals surface area contributed by atoms with E-state index in [1.165, 1.54) is 11.3 Å². The molecule has 2 N–H and O–H groups in total. The van der Waals surface area contributed by atoms with Gasteiger partial charge in [-0.1, -0.05) is 17.7 Å². The van der Waals surface area contributed by atoms with Crippen molar-refractivity contribution in [3.63, 3.8) is 0 Å². The van der Waals surface area contributed by atoms with Crippen LogP contribution in [0.5, 0.6) is 0 Å². The van der Waals surface area contributed by atoms with Gasteiger partial charge in [-0.05, 0) is 47.0 Å². The van der Waals surface area contributed by atoms with Crippen LogP contribution in [-0.2, 0) is 0 Å². The predicted octanol–water partition coefficient (Wildman–Crippen LogP) is 3.17. The molecule has 5 heteroatoms. The van der Waals surface area contributed by atoms with Gasteiger partial charge in [-0.2, -0.15) is 11.3 Å². The summed E-state index contributed by atoms with van der Waals surface area (Å²) in [7, 11) is 0. The quantitative estimate of drug-likeness (QED) is 0.910. The number of aliphatic hydroxyl groups is 1. The molecule has 0 bridgehead atoms. The summed E-state index contributed by atoms with van der Waals surface area (Å²) in [5.74, 6) is -0.278. The third kappa shape index (κ3) is 3.56. The average molecular weight is 296 g/mol. The molecule has 1 aromatic heterocycles. The minimum Gasteiger partial charge on any atom is -0.387 e. The largest absolute Gasteiger partial charge is 0.387 e. The fourth-order valence-corrected chi connectivity index (χ4v) is 2.70. The van der Waals surface area contributed by atoms with E-state index in [2.05, 4.69) is 5.32 Å². The van der Waals surface area contributed by atoms with Crippen LogP contribution >= 0.6 is 22.9 Å². The highest BCUT2D eigenvalue weighted by Crippen LogP contribution is 2.18. The van der Waals surface area contributed by atoms with Gasteiger partial charge in [0.15, 0.2) is 0 Å². The smallest absolute Gasteiger partial charge is 0.252 e. The first kappa shape index (κ1) is 14.1. The lowest BCUT2D eigenvalue weighted by atomic mass is 10.1. The number of carbonyl (C=O) groups is 1. The van der Waals surface area contributed by atoms with Crippen LogP contribution in [0, 0.1) is 6.92 Å². The molecular formula is C14H14ClNO2S. The maximum Gasteiger partial charge on any atom is 0.252 e. The van der Waals surface area contributed by atoms with Crippen LogP contribution < -0.4 is 5.32 Å². The number of rotatable bonds is 4. The Morgan fingerprint density at radius 2 is 2.26 bits per heavy atom. The molecule has 19 heavy (non-hydrogen) atoms. The number of aryl methyl sites for hydroxylation is 1. The summed E-state index contributed by atoms with van der Waals surface area (Å²) in [6.07, 6.45) is -0.695. The number of aliphatic hydroxyl groups excluding tert-OH is 1. The van der Waals surface area contributed by atoms with Gasteiger partial charge in [0, 0.05) is 6.54 Å². The molecule has 0 saturated heterocycles. The fourth-order valence-electron chi connectivity index (χ4n) is 1.67. The molecule has 3 nitrogen and oxygen atoms in total. The molecule has 0 spiro atoms. The second-order valence-corrected chi connectivity index (χ2v) is 5.45. The Morgan fingerprint density at radius 3 is 2.89 bits per heavy atom. The number of halogens is 1. The lowest BCUT2D eigenvalue weighted by molar-refractivity contribution is 0.0916. The number of thiophene rings is 1. The molecule has 0 aliphatic carbocycles. The van der Waals surface area contributed by atoms with Crippen molar-refractivity contribution in [3.8, 4) is 0 Å². The zero-order chi connectivity index (χ0) is 13.8. The number of hydrogen-bond donors (Lipinski definition) is 2. The Labute approximate surface area is 120 Å². The maximum absolute atomic E-state index is 11.9. The molecule has 2 aromatic rings. The Bertz CT molecular complexity index is 569. The van der Waals surface area contributed by atoms with Gasteiger partial charge in [-0.3, -0.25) is 4.79 Å². The number of amides is 1. The summed E-state index contributed by atoms with van der Waals surface area (Å²) in [5, 5.41) is 16.7. The summed E-state index contributed by atoms with van der Waals surface area (Å²) < 4.78 is 0. The van der Waals surface area contributed by atoms with Crippen molar-refractivity contribution in [3.05, 3.63) is 56.7 Å². The summed E-state index contributed by atoms with van der Waals surface area (Å²) in [6.45, 7) is 2.08. The molecule has 0 fully saturated rings. The van der Waals surface area contributed by atoms with Crippen molar-refractivity contribution in [1.82, 2.24) is 5.32 Å². The van der Waals surface area contributed by atoms with Gasteiger partial charge in [-0.15, -0.1) is 0 Å². The predicted molar refractivity (Wildman–Crippen MR) is 77.8 cm³/mol. The van der Waals surface area contributed by atoms with Gasteiger partial charge in [-0.25, -0.2) is 0 Å². The zero-order valence-electron chi connectivity index (χ0n) is 10.4. The van der Waals surface area contributed by atoms with E-state index >= 15 is 0 Å². The molecule has 0 aliphatic heterocycles. The minimum atomic E-state index is -0.695. The van der Waals surface area contributed by atoms with Gasteiger partial charge < -0.3 is 10.4 Å². The first-order chi connectivity index (χ1) is 9.08. The van der Waals surface area contributed by atoms with E-state index in [-0.39, 0.29) is 12.5 Å². The number of nitrogens with one attached hydrogen (secondary N) is 1. The van der Waals surface area contributed by atoms with Crippen LogP contribution in [-0.4, -0.2) is 17.6 Å². The number of hydrogen-bond acceptors (Lipinski definition) is 3. The second-order valence-electron chi connectivity index (χ2n) is 4.27. The highest BCUT2D eigenvalue weighted by molar-refractivity contribution is 7.07. The van der Waals surface area contributed by atoms with Gasteiger partial charge in [0.1, 0.15) is 0 Å². The highest BCUT2D eigenvalue weighted by Gasteiger charge is 2.13. The lowest BCUT2D eigenvalue weighted by Gasteiger charge is -2.11. The molecule has 1 unspecified atom stereocenters. The summed E-state index contributed by atoms with van der Waals surface area (Å²) in [5.41, 5.74) is 2.23. The Balaban J connectivity index is 1.98. The third-order valence-corrected chi connectivity index (χ3v) is 3.77. The molecule has 1 amide bonds. The molecule has 2 rings (SSSR count). The number of benzene rings is 1. The average Bonchev–Trinajstić information content (AvgIpc) is 2.89.